The van der Waals surface area contributed by atoms with Crippen molar-refractivity contribution in [2.24, 2.45) is 47.1 Å². The SMILES string of the molecule is CC(C)=O.CCC(C)[C@H](NC)C(=O)C[C@H](C)C(N)=O.CC[C@@H](CC1CCC1)C(=O)N[C@@](C)(CCC/C=C/CCCCCC[C@@](C)(N[C@@H](CC(C)C)C(=O)C(=O)[C@@H](NC(=O)[C@H](Cc1ccccc1)NN)[C@@H](C)O)C(C)=O)C(C)=O.CN[C@@H](Cc1ccc(C(=O)O)cc1)C(=O)C[C@@H](Cc1c[nH]c2ccccc12)C(C)=O. The Labute approximate surface area is 642 Å². The van der Waals surface area contributed by atoms with Crippen LogP contribution in [0, 0.1) is 35.5 Å². The normalized spacial score (nSPS) is 16.0. The molecule has 23 heteroatoms. The number of amides is 3. The van der Waals surface area contributed by atoms with Gasteiger partial charge in [0, 0.05) is 47.7 Å². The van der Waals surface area contributed by atoms with Crippen LogP contribution in [-0.4, -0.2) is 147 Å². The van der Waals surface area contributed by atoms with Crippen LogP contribution < -0.4 is 43.6 Å². The number of carbonyl (C=O) groups is 12. The van der Waals surface area contributed by atoms with Gasteiger partial charge in [0.15, 0.2) is 17.3 Å². The first-order valence-corrected chi connectivity index (χ1v) is 38.8. The molecule has 1 saturated carbocycles. The van der Waals surface area contributed by atoms with Gasteiger partial charge in [-0.2, -0.15) is 0 Å². The van der Waals surface area contributed by atoms with Crippen LogP contribution in [0.3, 0.4) is 0 Å². The number of aromatic nitrogens is 1. The summed E-state index contributed by atoms with van der Waals surface area (Å²) in [5.41, 5.74) is 9.62. The molecule has 0 saturated heterocycles. The Bertz CT molecular complexity index is 3530. The highest BCUT2D eigenvalue weighted by Crippen LogP contribution is 2.34. The zero-order valence-electron chi connectivity index (χ0n) is 67.5. The molecule has 3 aromatic carbocycles. The summed E-state index contributed by atoms with van der Waals surface area (Å²) in [5.74, 6) is 2.06. The van der Waals surface area contributed by atoms with Crippen molar-refractivity contribution in [2.75, 3.05) is 14.1 Å². The number of hydrogen-bond donors (Lipinski definition) is 11. The molecule has 0 spiro atoms. The molecule has 23 nitrogen and oxygen atoms in total. The number of nitrogens with one attached hydrogen (secondary N) is 7. The third-order valence-corrected chi connectivity index (χ3v) is 20.7. The first-order valence-electron chi connectivity index (χ1n) is 38.8. The number of likely N-dealkylation sites (N-methyl/N-ethyl adjacent to an activating group) is 2. The molecule has 0 radical (unpaired) electrons. The van der Waals surface area contributed by atoms with E-state index in [1.807, 2.05) is 102 Å². The van der Waals surface area contributed by atoms with E-state index in [2.05, 4.69) is 49.1 Å². The van der Waals surface area contributed by atoms with Gasteiger partial charge in [-0.3, -0.25) is 59.1 Å². The maximum Gasteiger partial charge on any atom is 0.335 e. The van der Waals surface area contributed by atoms with Crippen molar-refractivity contribution in [3.63, 3.8) is 0 Å². The average molecular weight is 1500 g/mol. The molecule has 3 amide bonds. The molecule has 1 aliphatic rings. The maximum absolute atomic E-state index is 13.8. The Morgan fingerprint density at radius 3 is 1.69 bits per heavy atom. The van der Waals surface area contributed by atoms with E-state index in [0.717, 1.165) is 91.8 Å². The lowest BCUT2D eigenvalue weighted by Crippen LogP contribution is -2.61. The quantitative estimate of drug-likeness (QED) is 0.00643. The number of Topliss-reactive ketones (excluding diaryl/α,β-unsaturated/α-hetero) is 8. The number of carboxylic acid groups (broad SMARTS) is 1. The Morgan fingerprint density at radius 1 is 0.620 bits per heavy atom. The highest BCUT2D eigenvalue weighted by Gasteiger charge is 2.41. The number of ketones is 8. The number of unbranched alkanes of at least 4 members (excludes halogenated alkanes) is 5. The molecule has 1 fully saturated rings. The van der Waals surface area contributed by atoms with Gasteiger partial charge in [0.05, 0.1) is 40.9 Å². The summed E-state index contributed by atoms with van der Waals surface area (Å²) in [4.78, 5) is 151. The number of aromatic amines is 1. The second-order valence-electron chi connectivity index (χ2n) is 30.5. The van der Waals surface area contributed by atoms with Gasteiger partial charge >= 0.3 is 5.97 Å². The second kappa shape index (κ2) is 49.9. The topological polar surface area (TPSA) is 385 Å². The number of carbonyl (C=O) groups excluding carboxylic acids is 11. The molecule has 1 aromatic heterocycles. The van der Waals surface area contributed by atoms with Crippen molar-refractivity contribution in [1.29, 1.82) is 0 Å². The third kappa shape index (κ3) is 34.2. The standard InChI is InChI=1S/C47H77N5O7.C24H26N2O4.C11H22N2O2.C3H6O/c1-9-38(30-36-25-22-26-36)44(58)51-47(8,35(6)55)28-21-16-14-12-10-11-13-15-20-27-46(7,34(5)54)50-39(29-32(2)3)42(56)43(57)41(33(4)53)49-45(59)40(52-48)31-37-23-18-17-19-24-37;1-15(27)18(12-19-14-26-21-6-4-3-5-20(19)21)13-23(28)22(25-2)11-16-7-9-17(10-8-16)24(29)30;1-5-7(2)10(13-4)9(14)6-8(3)11(12)15;1-3(2)4/h12,14,17-19,23-24,32-33,36,38-41,50,52-53H,9-11,13,15-16,20-22,25-31,48H2,1-8H3,(H,49,59)(H,51,58);3-10,14,18,22,25-26H,11-13H2,1-2H3,(H,29,30);7-8,10,13H,5-6H2,1-4H3,(H2,12,15);1-2H3/b14-12+;;;/t33-,38+,39+,40+,41+,46-,47+;18-,22+;7?,8-,10-;/m110./s1. The number of nitrogens with two attached hydrogens (primary N) is 2. The van der Waals surface area contributed by atoms with Crippen LogP contribution >= 0.6 is 0 Å². The summed E-state index contributed by atoms with van der Waals surface area (Å²) in [6.07, 6.45) is 20.1. The van der Waals surface area contributed by atoms with E-state index in [9.17, 15) is 62.6 Å². The molecule has 1 heterocycles. The van der Waals surface area contributed by atoms with Crippen LogP contribution in [-0.2, 0) is 72.0 Å². The van der Waals surface area contributed by atoms with E-state index in [-0.39, 0.29) is 107 Å². The molecule has 0 aliphatic heterocycles. The number of rotatable bonds is 48. The van der Waals surface area contributed by atoms with Gasteiger partial charge < -0.3 is 47.0 Å². The number of hydrazine groups is 1. The fourth-order valence-electron chi connectivity index (χ4n) is 12.9. The molecular weight excluding hydrogens is 1370 g/mol. The predicted molar refractivity (Wildman–Crippen MR) is 426 cm³/mol. The van der Waals surface area contributed by atoms with E-state index in [0.29, 0.717) is 31.6 Å². The summed E-state index contributed by atoms with van der Waals surface area (Å²) in [5, 5.41) is 35.5. The Morgan fingerprint density at radius 2 is 1.19 bits per heavy atom. The number of aromatic carboxylic acids is 1. The number of benzene rings is 3. The number of allylic oxidation sites excluding steroid dienone is 2. The first-order chi connectivity index (χ1) is 50.9. The van der Waals surface area contributed by atoms with Crippen molar-refractivity contribution in [3.05, 3.63) is 119 Å². The highest BCUT2D eigenvalue weighted by molar-refractivity contribution is 6.41. The number of hydrogen-bond acceptors (Lipinski definition) is 18. The van der Waals surface area contributed by atoms with Crippen molar-refractivity contribution in [1.82, 2.24) is 37.0 Å². The molecule has 1 unspecified atom stereocenters. The third-order valence-electron chi connectivity index (χ3n) is 20.7. The van der Waals surface area contributed by atoms with E-state index >= 15 is 0 Å². The minimum atomic E-state index is -1.50. The van der Waals surface area contributed by atoms with Gasteiger partial charge in [0.1, 0.15) is 29.4 Å². The Balaban J connectivity index is 0.000000659. The smallest absolute Gasteiger partial charge is 0.335 e. The predicted octanol–water partition coefficient (Wildman–Crippen LogP) is 10.9. The fraction of sp³-hybridized carbons (Fsp3) is 0.600. The second-order valence-corrected chi connectivity index (χ2v) is 30.5. The highest BCUT2D eigenvalue weighted by atomic mass is 16.4. The number of aliphatic hydroxyl groups is 1. The summed E-state index contributed by atoms with van der Waals surface area (Å²) in [6.45, 7) is 24.2. The molecule has 12 atom stereocenters. The molecule has 13 N–H and O–H groups in total. The van der Waals surface area contributed by atoms with Crippen LogP contribution in [0.25, 0.3) is 10.9 Å². The molecule has 0 bridgehead atoms. The summed E-state index contributed by atoms with van der Waals surface area (Å²) >= 11 is 0. The number of carboxylic acids is 1. The minimum absolute atomic E-state index is 0.00382. The Kier molecular flexibility index (Phi) is 44.3. The van der Waals surface area contributed by atoms with E-state index < -0.39 is 70.7 Å². The van der Waals surface area contributed by atoms with Crippen molar-refractivity contribution in [2.45, 2.75) is 279 Å². The van der Waals surface area contributed by atoms with Gasteiger partial charge in [0.2, 0.25) is 29.3 Å². The zero-order chi connectivity index (χ0) is 81.4. The number of aliphatic hydroxyl groups excluding tert-OH is 1. The molecule has 108 heavy (non-hydrogen) atoms. The number of para-hydroxylation sites is 1. The van der Waals surface area contributed by atoms with Crippen molar-refractivity contribution in [3.8, 4) is 0 Å². The number of primary amides is 1. The molecule has 5 rings (SSSR count). The van der Waals surface area contributed by atoms with Gasteiger partial charge in [-0.1, -0.05) is 159 Å². The van der Waals surface area contributed by atoms with Crippen molar-refractivity contribution < 1.29 is 67.7 Å². The lowest BCUT2D eigenvalue weighted by atomic mass is 9.78. The molecule has 4 aromatic rings. The van der Waals surface area contributed by atoms with Crippen LogP contribution in [0.15, 0.2) is 97.2 Å². The monoisotopic (exact) mass is 1500 g/mol. The van der Waals surface area contributed by atoms with Crippen LogP contribution in [0.4, 0.5) is 0 Å². The molecular formula is C85H131N9O14. The van der Waals surface area contributed by atoms with Gasteiger partial charge in [-0.25, -0.2) is 10.2 Å². The van der Waals surface area contributed by atoms with E-state index in [1.54, 1.807) is 47.0 Å². The largest absolute Gasteiger partial charge is 0.478 e. The Hall–Kier alpha value is -8.06. The molecule has 600 valence electrons. The van der Waals surface area contributed by atoms with Crippen molar-refractivity contribution >= 4 is 80.9 Å². The minimum Gasteiger partial charge on any atom is -0.478 e. The van der Waals surface area contributed by atoms with Gasteiger partial charge in [0.25, 0.3) is 0 Å². The fourth-order valence-corrected chi connectivity index (χ4v) is 12.9. The number of fused-ring (bicyclic) bond motifs is 1. The first kappa shape index (κ1) is 96.0. The molecule has 1 aliphatic carbocycles. The lowest BCUT2D eigenvalue weighted by molar-refractivity contribution is -0.142. The number of H-pyrrole nitrogens is 1. The van der Waals surface area contributed by atoms with E-state index in [4.69, 9.17) is 16.7 Å². The van der Waals surface area contributed by atoms with Crippen LogP contribution in [0.2, 0.25) is 0 Å². The summed E-state index contributed by atoms with van der Waals surface area (Å²) in [7, 11) is 3.49. The maximum atomic E-state index is 13.8. The lowest BCUT2D eigenvalue weighted by Gasteiger charge is -2.34. The van der Waals surface area contributed by atoms with Gasteiger partial charge in [-0.05, 0) is 199 Å². The zero-order valence-corrected chi connectivity index (χ0v) is 67.5. The van der Waals surface area contributed by atoms with E-state index in [1.165, 1.54) is 66.0 Å². The van der Waals surface area contributed by atoms with Gasteiger partial charge in [-0.15, -0.1) is 0 Å². The summed E-state index contributed by atoms with van der Waals surface area (Å²) < 4.78 is 0. The average Bonchev–Trinajstić information content (AvgIpc) is 1.23. The van der Waals surface area contributed by atoms with Crippen LogP contribution in [0.5, 0.6) is 0 Å². The summed E-state index contributed by atoms with van der Waals surface area (Å²) in [6, 6.07) is 19.6. The van der Waals surface area contributed by atoms with Crippen LogP contribution in [0.1, 0.15) is 240 Å².